The molecule has 3 heterocycles. The van der Waals surface area contributed by atoms with Crippen LogP contribution in [0.4, 0.5) is 0 Å². The zero-order valence-corrected chi connectivity index (χ0v) is 18.5. The number of piperazine rings is 1. The fourth-order valence-electron chi connectivity index (χ4n) is 4.77. The normalized spacial score (nSPS) is 25.1. The third-order valence-electron chi connectivity index (χ3n) is 6.54. The molecule has 0 unspecified atom stereocenters. The Balaban J connectivity index is 1.50. The zero-order chi connectivity index (χ0) is 21.8. The number of thiophene rings is 1. The summed E-state index contributed by atoms with van der Waals surface area (Å²) in [5.41, 5.74) is 0. The summed E-state index contributed by atoms with van der Waals surface area (Å²) in [6, 6.07) is 2.23. The largest absolute Gasteiger partial charge is 0.354 e. The average Bonchev–Trinajstić information content (AvgIpc) is 3.35. The summed E-state index contributed by atoms with van der Waals surface area (Å²) in [5.74, 6) is -0.701. The number of rotatable bonds is 4. The first-order valence-corrected chi connectivity index (χ1v) is 12.1. The zero-order valence-electron chi connectivity index (χ0n) is 17.7. The molecule has 2 atom stereocenters. The average molecular weight is 447 g/mol. The number of carbonyl (C=O) groups is 4. The first-order valence-electron chi connectivity index (χ1n) is 11.3. The van der Waals surface area contributed by atoms with Crippen LogP contribution in [-0.2, 0) is 14.4 Å². The molecule has 0 bridgehead atoms. The summed E-state index contributed by atoms with van der Waals surface area (Å²) in [7, 11) is 0. The van der Waals surface area contributed by atoms with Crippen molar-refractivity contribution >= 4 is 35.0 Å². The van der Waals surface area contributed by atoms with E-state index in [1.165, 1.54) is 11.3 Å². The van der Waals surface area contributed by atoms with Gasteiger partial charge in [-0.3, -0.25) is 19.2 Å². The van der Waals surface area contributed by atoms with Crippen molar-refractivity contribution < 1.29 is 19.2 Å². The van der Waals surface area contributed by atoms with Crippen LogP contribution >= 0.6 is 11.3 Å². The number of nitrogens with zero attached hydrogens (tertiary/aromatic N) is 2. The van der Waals surface area contributed by atoms with Gasteiger partial charge in [0, 0.05) is 25.6 Å². The van der Waals surface area contributed by atoms with E-state index in [0.717, 1.165) is 38.5 Å². The molecule has 0 aromatic carbocycles. The Hall–Kier alpha value is -2.42. The van der Waals surface area contributed by atoms with E-state index in [0.29, 0.717) is 30.9 Å². The second-order valence-electron chi connectivity index (χ2n) is 8.61. The Bertz CT molecular complexity index is 821. The molecule has 2 saturated heterocycles. The highest BCUT2D eigenvalue weighted by atomic mass is 32.1. The second-order valence-corrected chi connectivity index (χ2v) is 9.55. The van der Waals surface area contributed by atoms with Gasteiger partial charge in [0.05, 0.1) is 11.4 Å². The topological polar surface area (TPSA) is 98.8 Å². The summed E-state index contributed by atoms with van der Waals surface area (Å²) in [4.78, 5) is 55.5. The minimum atomic E-state index is -0.776. The summed E-state index contributed by atoms with van der Waals surface area (Å²) in [6.45, 7) is 1.50. The molecule has 4 rings (SSSR count). The molecular weight excluding hydrogens is 416 g/mol. The lowest BCUT2D eigenvalue weighted by molar-refractivity contribution is -0.148. The van der Waals surface area contributed by atoms with E-state index in [1.54, 1.807) is 15.9 Å². The maximum absolute atomic E-state index is 13.3. The highest BCUT2D eigenvalue weighted by Crippen LogP contribution is 2.27. The molecule has 4 amide bonds. The lowest BCUT2D eigenvalue weighted by atomic mass is 9.87. The smallest absolute Gasteiger partial charge is 0.264 e. The van der Waals surface area contributed by atoms with Gasteiger partial charge in [-0.1, -0.05) is 25.3 Å². The van der Waals surface area contributed by atoms with Crippen molar-refractivity contribution in [2.24, 2.45) is 5.92 Å². The van der Waals surface area contributed by atoms with Gasteiger partial charge in [-0.25, -0.2) is 0 Å². The van der Waals surface area contributed by atoms with Gasteiger partial charge >= 0.3 is 0 Å². The third kappa shape index (κ3) is 4.92. The van der Waals surface area contributed by atoms with E-state index in [-0.39, 0.29) is 36.1 Å². The van der Waals surface area contributed by atoms with Gasteiger partial charge in [0.15, 0.2) is 0 Å². The molecule has 2 aliphatic heterocycles. The number of piperidine rings is 1. The second kappa shape index (κ2) is 9.80. The Labute approximate surface area is 186 Å². The highest BCUT2D eigenvalue weighted by molar-refractivity contribution is 7.12. The minimum absolute atomic E-state index is 0.0103. The molecular formula is C22H30N4O4S. The highest BCUT2D eigenvalue weighted by Gasteiger charge is 2.40. The standard InChI is InChI=1S/C22H30N4O4S/c27-19-16(8-4-10-23-19)24-20(28)17-14-25(22(30)18-9-5-13-31-18)11-12-26(17)21(29)15-6-2-1-3-7-15/h5,9,13,15-17H,1-4,6-8,10-12,14H2,(H,23,27)(H,24,28)/t16-,17+/m0/s1. The molecule has 1 saturated carbocycles. The van der Waals surface area contributed by atoms with Crippen LogP contribution in [-0.4, -0.2) is 71.7 Å². The van der Waals surface area contributed by atoms with E-state index in [9.17, 15) is 19.2 Å². The number of carbonyl (C=O) groups excluding carboxylic acids is 4. The SMILES string of the molecule is O=C1NCCC[C@@H]1NC(=O)[C@H]1CN(C(=O)c2cccs2)CCN1C(=O)C1CCCCC1. The molecule has 3 aliphatic rings. The van der Waals surface area contributed by atoms with Crippen LogP contribution in [0.15, 0.2) is 17.5 Å². The van der Waals surface area contributed by atoms with Crippen LogP contribution in [0.2, 0.25) is 0 Å². The van der Waals surface area contributed by atoms with Gasteiger partial charge in [-0.15, -0.1) is 11.3 Å². The van der Waals surface area contributed by atoms with E-state index in [2.05, 4.69) is 10.6 Å². The van der Waals surface area contributed by atoms with E-state index in [1.807, 2.05) is 11.4 Å². The number of hydrogen-bond acceptors (Lipinski definition) is 5. The fraction of sp³-hybridized carbons (Fsp3) is 0.636. The van der Waals surface area contributed by atoms with Gasteiger partial charge in [-0.05, 0) is 37.1 Å². The van der Waals surface area contributed by atoms with Crippen LogP contribution in [0, 0.1) is 5.92 Å². The van der Waals surface area contributed by atoms with Crippen LogP contribution in [0.5, 0.6) is 0 Å². The summed E-state index contributed by atoms with van der Waals surface area (Å²) in [6.07, 6.45) is 6.30. The van der Waals surface area contributed by atoms with E-state index < -0.39 is 12.1 Å². The molecule has 3 fully saturated rings. The molecule has 2 N–H and O–H groups in total. The van der Waals surface area contributed by atoms with Crippen LogP contribution in [0.3, 0.4) is 0 Å². The molecule has 1 aliphatic carbocycles. The molecule has 1 aromatic rings. The lowest BCUT2D eigenvalue weighted by Gasteiger charge is -2.42. The molecule has 0 radical (unpaired) electrons. The number of hydrogen-bond donors (Lipinski definition) is 2. The number of nitrogens with one attached hydrogen (secondary N) is 2. The first kappa shape index (κ1) is 21.8. The summed E-state index contributed by atoms with van der Waals surface area (Å²) < 4.78 is 0. The maximum Gasteiger partial charge on any atom is 0.264 e. The van der Waals surface area contributed by atoms with E-state index >= 15 is 0 Å². The maximum atomic E-state index is 13.3. The van der Waals surface area contributed by atoms with Crippen molar-refractivity contribution in [3.8, 4) is 0 Å². The Morgan fingerprint density at radius 1 is 1.06 bits per heavy atom. The van der Waals surface area contributed by atoms with Gasteiger partial charge in [0.25, 0.3) is 5.91 Å². The van der Waals surface area contributed by atoms with Gasteiger partial charge in [-0.2, -0.15) is 0 Å². The lowest BCUT2D eigenvalue weighted by Crippen LogP contribution is -2.64. The van der Waals surface area contributed by atoms with Crippen molar-refractivity contribution in [3.63, 3.8) is 0 Å². The van der Waals surface area contributed by atoms with Crippen molar-refractivity contribution in [1.29, 1.82) is 0 Å². The predicted molar refractivity (Wildman–Crippen MR) is 116 cm³/mol. The third-order valence-corrected chi connectivity index (χ3v) is 7.40. The molecule has 9 heteroatoms. The monoisotopic (exact) mass is 446 g/mol. The van der Waals surface area contributed by atoms with Crippen LogP contribution < -0.4 is 10.6 Å². The molecule has 168 valence electrons. The molecule has 8 nitrogen and oxygen atoms in total. The Morgan fingerprint density at radius 3 is 2.58 bits per heavy atom. The molecule has 31 heavy (non-hydrogen) atoms. The molecule has 0 spiro atoms. The van der Waals surface area contributed by atoms with Crippen LogP contribution in [0.25, 0.3) is 0 Å². The Morgan fingerprint density at radius 2 is 1.87 bits per heavy atom. The van der Waals surface area contributed by atoms with Crippen molar-refractivity contribution in [2.75, 3.05) is 26.2 Å². The van der Waals surface area contributed by atoms with Crippen molar-refractivity contribution in [2.45, 2.75) is 57.0 Å². The van der Waals surface area contributed by atoms with Crippen LogP contribution in [0.1, 0.15) is 54.6 Å². The summed E-state index contributed by atoms with van der Waals surface area (Å²) in [5, 5.41) is 7.46. The molecule has 1 aromatic heterocycles. The number of amides is 4. The first-order chi connectivity index (χ1) is 15.0. The predicted octanol–water partition coefficient (Wildman–Crippen LogP) is 1.38. The quantitative estimate of drug-likeness (QED) is 0.730. The van der Waals surface area contributed by atoms with Gasteiger partial charge in [0.2, 0.25) is 17.7 Å². The van der Waals surface area contributed by atoms with Gasteiger partial charge in [0.1, 0.15) is 12.1 Å². The van der Waals surface area contributed by atoms with E-state index in [4.69, 9.17) is 0 Å². The fourth-order valence-corrected chi connectivity index (χ4v) is 5.46. The minimum Gasteiger partial charge on any atom is -0.354 e. The summed E-state index contributed by atoms with van der Waals surface area (Å²) >= 11 is 1.37. The van der Waals surface area contributed by atoms with Crippen molar-refractivity contribution in [1.82, 2.24) is 20.4 Å². The van der Waals surface area contributed by atoms with Gasteiger partial charge < -0.3 is 20.4 Å². The van der Waals surface area contributed by atoms with Crippen molar-refractivity contribution in [3.05, 3.63) is 22.4 Å². The Kier molecular flexibility index (Phi) is 6.89.